The lowest BCUT2D eigenvalue weighted by atomic mass is 10.1. The van der Waals surface area contributed by atoms with Crippen molar-refractivity contribution < 1.29 is 19.4 Å². The van der Waals surface area contributed by atoms with Crippen LogP contribution in [0.3, 0.4) is 0 Å². The van der Waals surface area contributed by atoms with Gasteiger partial charge in [0.25, 0.3) is 0 Å². The molecule has 0 spiro atoms. The average Bonchev–Trinajstić information content (AvgIpc) is 2.77. The van der Waals surface area contributed by atoms with Crippen molar-refractivity contribution in [2.75, 3.05) is 0 Å². The van der Waals surface area contributed by atoms with Gasteiger partial charge in [-0.05, 0) is 39.5 Å². The number of carboxylic acids is 1. The van der Waals surface area contributed by atoms with Crippen molar-refractivity contribution in [2.24, 2.45) is 0 Å². The van der Waals surface area contributed by atoms with Crippen molar-refractivity contribution in [1.82, 2.24) is 5.32 Å². The number of ether oxygens (including phenoxy) is 1. The fourth-order valence-electron chi connectivity index (χ4n) is 2.15. The molecule has 0 aromatic carbocycles. The Morgan fingerprint density at radius 1 is 1.47 bits per heavy atom. The van der Waals surface area contributed by atoms with E-state index in [4.69, 9.17) is 9.84 Å². The lowest BCUT2D eigenvalue weighted by Crippen LogP contribution is -2.40. The summed E-state index contributed by atoms with van der Waals surface area (Å²) in [7, 11) is 0. The van der Waals surface area contributed by atoms with E-state index in [2.05, 4.69) is 5.32 Å². The molecule has 0 saturated carbocycles. The fourth-order valence-corrected chi connectivity index (χ4v) is 2.15. The summed E-state index contributed by atoms with van der Waals surface area (Å²) in [6.45, 7) is 3.84. The molecular weight excluding hydrogens is 246 g/mol. The Balaban J connectivity index is 2.30. The van der Waals surface area contributed by atoms with Crippen LogP contribution in [0.15, 0.2) is 12.2 Å². The first-order chi connectivity index (χ1) is 9.02. The number of nitrogens with one attached hydrogen (secondary N) is 1. The highest BCUT2D eigenvalue weighted by Crippen LogP contribution is 2.22. The average molecular weight is 269 g/mol. The number of carbonyl (C=O) groups excluding carboxylic acids is 1. The molecule has 0 radical (unpaired) electrons. The second-order valence-corrected chi connectivity index (χ2v) is 4.95. The Labute approximate surface area is 114 Å². The van der Waals surface area contributed by atoms with E-state index < -0.39 is 12.0 Å². The van der Waals surface area contributed by atoms with E-state index in [-0.39, 0.29) is 18.1 Å². The van der Waals surface area contributed by atoms with Gasteiger partial charge < -0.3 is 15.2 Å². The van der Waals surface area contributed by atoms with Crippen molar-refractivity contribution in [3.8, 4) is 0 Å². The van der Waals surface area contributed by atoms with Crippen molar-refractivity contribution in [3.63, 3.8) is 0 Å². The highest BCUT2D eigenvalue weighted by Gasteiger charge is 2.23. The Hall–Kier alpha value is -1.36. The fraction of sp³-hybridized carbons (Fsp3) is 0.714. The van der Waals surface area contributed by atoms with E-state index >= 15 is 0 Å². The first-order valence-corrected chi connectivity index (χ1v) is 6.81. The van der Waals surface area contributed by atoms with Gasteiger partial charge in [-0.25, -0.2) is 4.79 Å². The number of hydrogen-bond donors (Lipinski definition) is 2. The predicted octanol–water partition coefficient (Wildman–Crippen LogP) is 1.87. The third kappa shape index (κ3) is 5.87. The van der Waals surface area contributed by atoms with Crippen LogP contribution >= 0.6 is 0 Å². The van der Waals surface area contributed by atoms with Crippen molar-refractivity contribution >= 4 is 11.9 Å². The van der Waals surface area contributed by atoms with Crippen LogP contribution < -0.4 is 5.32 Å². The van der Waals surface area contributed by atoms with Crippen LogP contribution in [-0.4, -0.2) is 35.2 Å². The predicted molar refractivity (Wildman–Crippen MR) is 71.8 cm³/mol. The summed E-state index contributed by atoms with van der Waals surface area (Å²) in [5, 5.41) is 11.5. The van der Waals surface area contributed by atoms with E-state index in [0.29, 0.717) is 19.3 Å². The minimum absolute atomic E-state index is 0.138. The van der Waals surface area contributed by atoms with E-state index in [1.807, 2.05) is 13.8 Å². The van der Waals surface area contributed by atoms with Crippen LogP contribution in [0.5, 0.6) is 0 Å². The highest BCUT2D eigenvalue weighted by atomic mass is 16.5. The SMILES string of the molecule is C/C=C/CC(NC(=O)CCC1CCC(C)O1)C(=O)O. The van der Waals surface area contributed by atoms with E-state index in [9.17, 15) is 9.59 Å². The summed E-state index contributed by atoms with van der Waals surface area (Å²) in [5.41, 5.74) is 0. The van der Waals surface area contributed by atoms with Gasteiger partial charge in [-0.1, -0.05) is 12.2 Å². The first-order valence-electron chi connectivity index (χ1n) is 6.81. The second-order valence-electron chi connectivity index (χ2n) is 4.95. The highest BCUT2D eigenvalue weighted by molar-refractivity contribution is 5.83. The van der Waals surface area contributed by atoms with Crippen molar-refractivity contribution in [1.29, 1.82) is 0 Å². The van der Waals surface area contributed by atoms with Gasteiger partial charge in [0.05, 0.1) is 12.2 Å². The van der Waals surface area contributed by atoms with Gasteiger partial charge in [0.15, 0.2) is 0 Å². The number of carboxylic acid groups (broad SMARTS) is 1. The third-order valence-electron chi connectivity index (χ3n) is 3.25. The van der Waals surface area contributed by atoms with Crippen molar-refractivity contribution in [2.45, 2.75) is 64.2 Å². The molecule has 19 heavy (non-hydrogen) atoms. The molecule has 1 aliphatic rings. The van der Waals surface area contributed by atoms with Gasteiger partial charge in [0.1, 0.15) is 6.04 Å². The first kappa shape index (κ1) is 15.7. The normalized spacial score (nSPS) is 24.5. The molecule has 1 amide bonds. The second kappa shape index (κ2) is 7.94. The topological polar surface area (TPSA) is 75.6 Å². The number of hydrogen-bond acceptors (Lipinski definition) is 3. The number of rotatable bonds is 7. The largest absolute Gasteiger partial charge is 0.480 e. The van der Waals surface area contributed by atoms with Gasteiger partial charge >= 0.3 is 5.97 Å². The third-order valence-corrected chi connectivity index (χ3v) is 3.25. The minimum Gasteiger partial charge on any atom is -0.480 e. The van der Waals surface area contributed by atoms with E-state index in [1.165, 1.54) is 0 Å². The molecule has 0 bridgehead atoms. The minimum atomic E-state index is -1.00. The Bertz CT molecular complexity index is 340. The Morgan fingerprint density at radius 3 is 2.74 bits per heavy atom. The summed E-state index contributed by atoms with van der Waals surface area (Å²) in [5.74, 6) is -1.22. The molecule has 2 N–H and O–H groups in total. The number of allylic oxidation sites excluding steroid dienone is 1. The zero-order valence-electron chi connectivity index (χ0n) is 11.6. The molecule has 1 heterocycles. The maximum absolute atomic E-state index is 11.7. The van der Waals surface area contributed by atoms with E-state index in [0.717, 1.165) is 12.8 Å². The molecule has 3 atom stereocenters. The van der Waals surface area contributed by atoms with Crippen LogP contribution in [-0.2, 0) is 14.3 Å². The Morgan fingerprint density at radius 2 is 2.21 bits per heavy atom. The summed E-state index contributed by atoms with van der Waals surface area (Å²) in [6.07, 6.45) is 7.23. The molecule has 3 unspecified atom stereocenters. The monoisotopic (exact) mass is 269 g/mol. The summed E-state index contributed by atoms with van der Waals surface area (Å²) >= 11 is 0. The zero-order chi connectivity index (χ0) is 14.3. The zero-order valence-corrected chi connectivity index (χ0v) is 11.6. The molecule has 1 rings (SSSR count). The van der Waals surface area contributed by atoms with Crippen LogP contribution in [0, 0.1) is 0 Å². The molecule has 1 fully saturated rings. The molecule has 1 aliphatic heterocycles. The smallest absolute Gasteiger partial charge is 0.326 e. The molecule has 0 aromatic heterocycles. The molecule has 108 valence electrons. The molecule has 0 aromatic rings. The molecule has 5 nitrogen and oxygen atoms in total. The maximum atomic E-state index is 11.7. The molecule has 1 saturated heterocycles. The molecule has 5 heteroatoms. The number of aliphatic carboxylic acids is 1. The lowest BCUT2D eigenvalue weighted by Gasteiger charge is -2.14. The maximum Gasteiger partial charge on any atom is 0.326 e. The summed E-state index contributed by atoms with van der Waals surface area (Å²) in [4.78, 5) is 22.7. The van der Waals surface area contributed by atoms with Gasteiger partial charge in [-0.3, -0.25) is 4.79 Å². The van der Waals surface area contributed by atoms with Crippen LogP contribution in [0.2, 0.25) is 0 Å². The molecule has 0 aliphatic carbocycles. The Kier molecular flexibility index (Phi) is 6.56. The van der Waals surface area contributed by atoms with Gasteiger partial charge in [0.2, 0.25) is 5.91 Å². The van der Waals surface area contributed by atoms with Gasteiger partial charge in [-0.15, -0.1) is 0 Å². The van der Waals surface area contributed by atoms with Crippen LogP contribution in [0.25, 0.3) is 0 Å². The summed E-state index contributed by atoms with van der Waals surface area (Å²) < 4.78 is 5.62. The van der Waals surface area contributed by atoms with E-state index in [1.54, 1.807) is 12.2 Å². The van der Waals surface area contributed by atoms with Gasteiger partial charge in [0, 0.05) is 6.42 Å². The standard InChI is InChI=1S/C14H23NO4/c1-3-4-5-12(14(17)18)15-13(16)9-8-11-7-6-10(2)19-11/h3-4,10-12H,5-9H2,1-2H3,(H,15,16)(H,17,18)/b4-3+. The number of amides is 1. The van der Waals surface area contributed by atoms with Crippen LogP contribution in [0.4, 0.5) is 0 Å². The molecular formula is C14H23NO4. The number of carbonyl (C=O) groups is 2. The van der Waals surface area contributed by atoms with Crippen LogP contribution in [0.1, 0.15) is 46.0 Å². The lowest BCUT2D eigenvalue weighted by molar-refractivity contribution is -0.141. The quantitative estimate of drug-likeness (QED) is 0.692. The van der Waals surface area contributed by atoms with Gasteiger partial charge in [-0.2, -0.15) is 0 Å². The summed E-state index contributed by atoms with van der Waals surface area (Å²) in [6, 6.07) is -0.841. The van der Waals surface area contributed by atoms with Crippen molar-refractivity contribution in [3.05, 3.63) is 12.2 Å².